The number of halogens is 1. The zero-order valence-corrected chi connectivity index (χ0v) is 14.7. The fraction of sp³-hybridized carbons (Fsp3) is 0.333. The summed E-state index contributed by atoms with van der Waals surface area (Å²) in [7, 11) is 0. The highest BCUT2D eigenvalue weighted by Gasteiger charge is 2.18. The normalized spacial score (nSPS) is 14.9. The van der Waals surface area contributed by atoms with Crippen molar-refractivity contribution < 1.29 is 4.79 Å². The van der Waals surface area contributed by atoms with E-state index in [9.17, 15) is 4.79 Å². The third-order valence-corrected chi connectivity index (χ3v) is 4.36. The number of aromatic nitrogens is 1. The van der Waals surface area contributed by atoms with Crippen molar-refractivity contribution in [1.82, 2.24) is 15.2 Å². The Kier molecular flexibility index (Phi) is 6.22. The Morgan fingerprint density at radius 3 is 2.84 bits per heavy atom. The van der Waals surface area contributed by atoms with Gasteiger partial charge in [0.25, 0.3) is 0 Å². The summed E-state index contributed by atoms with van der Waals surface area (Å²) >= 11 is 6.12. The fourth-order valence-corrected chi connectivity index (χ4v) is 2.98. The highest BCUT2D eigenvalue weighted by molar-refractivity contribution is 6.31. The Labute approximate surface area is 152 Å². The molecule has 132 valence electrons. The lowest BCUT2D eigenvalue weighted by atomic mass is 10.2. The molecule has 25 heavy (non-hydrogen) atoms. The summed E-state index contributed by atoms with van der Waals surface area (Å²) < 4.78 is 0. The SMILES string of the molecule is O=C(Nc1cccnc1)N(CCN1CCNCC1)c1cccc(Cl)c1. The number of nitrogens with one attached hydrogen (secondary N) is 2. The molecule has 0 bridgehead atoms. The minimum atomic E-state index is -0.189. The zero-order chi connectivity index (χ0) is 17.5. The number of pyridine rings is 1. The lowest BCUT2D eigenvalue weighted by molar-refractivity contribution is 0.239. The maximum Gasteiger partial charge on any atom is 0.326 e. The van der Waals surface area contributed by atoms with Crippen molar-refractivity contribution in [2.24, 2.45) is 0 Å². The van der Waals surface area contributed by atoms with E-state index in [1.807, 2.05) is 24.3 Å². The molecule has 3 rings (SSSR count). The molecule has 0 radical (unpaired) electrons. The van der Waals surface area contributed by atoms with E-state index >= 15 is 0 Å². The van der Waals surface area contributed by atoms with Crippen molar-refractivity contribution in [3.05, 3.63) is 53.8 Å². The molecular weight excluding hydrogens is 338 g/mol. The minimum Gasteiger partial charge on any atom is -0.314 e. The van der Waals surface area contributed by atoms with E-state index in [0.717, 1.165) is 38.4 Å². The van der Waals surface area contributed by atoms with Gasteiger partial charge >= 0.3 is 6.03 Å². The average molecular weight is 360 g/mol. The van der Waals surface area contributed by atoms with Crippen LogP contribution in [0.2, 0.25) is 5.02 Å². The predicted octanol–water partition coefficient (Wildman–Crippen LogP) is 2.68. The van der Waals surface area contributed by atoms with Crippen LogP contribution in [-0.4, -0.2) is 55.2 Å². The molecule has 1 aromatic carbocycles. The molecule has 0 atom stereocenters. The number of hydrogen-bond donors (Lipinski definition) is 2. The van der Waals surface area contributed by atoms with Crippen LogP contribution in [0.5, 0.6) is 0 Å². The minimum absolute atomic E-state index is 0.189. The van der Waals surface area contributed by atoms with Gasteiger partial charge in [-0.25, -0.2) is 4.79 Å². The third-order valence-electron chi connectivity index (χ3n) is 4.13. The van der Waals surface area contributed by atoms with Crippen LogP contribution in [0.25, 0.3) is 0 Å². The first-order valence-corrected chi connectivity index (χ1v) is 8.77. The number of urea groups is 1. The van der Waals surface area contributed by atoms with E-state index in [-0.39, 0.29) is 6.03 Å². The van der Waals surface area contributed by atoms with Gasteiger partial charge in [0.2, 0.25) is 0 Å². The van der Waals surface area contributed by atoms with Crippen molar-refractivity contribution in [3.8, 4) is 0 Å². The second kappa shape index (κ2) is 8.80. The molecule has 0 aliphatic carbocycles. The Morgan fingerprint density at radius 2 is 2.12 bits per heavy atom. The van der Waals surface area contributed by atoms with Crippen LogP contribution in [0.3, 0.4) is 0 Å². The number of carbonyl (C=O) groups excluding carboxylic acids is 1. The van der Waals surface area contributed by atoms with Crippen LogP contribution in [0.1, 0.15) is 0 Å². The van der Waals surface area contributed by atoms with Gasteiger partial charge in [-0.05, 0) is 30.3 Å². The van der Waals surface area contributed by atoms with Crippen LogP contribution in [0, 0.1) is 0 Å². The number of nitrogens with zero attached hydrogens (tertiary/aromatic N) is 3. The quantitative estimate of drug-likeness (QED) is 0.861. The summed E-state index contributed by atoms with van der Waals surface area (Å²) in [4.78, 5) is 20.9. The van der Waals surface area contributed by atoms with Crippen molar-refractivity contribution >= 4 is 29.0 Å². The van der Waals surface area contributed by atoms with Gasteiger partial charge in [-0.2, -0.15) is 0 Å². The second-order valence-electron chi connectivity index (χ2n) is 5.90. The van der Waals surface area contributed by atoms with E-state index in [1.165, 1.54) is 0 Å². The topological polar surface area (TPSA) is 60.5 Å². The Balaban J connectivity index is 1.72. The Bertz CT molecular complexity index is 691. The lowest BCUT2D eigenvalue weighted by Crippen LogP contribution is -2.47. The monoisotopic (exact) mass is 359 g/mol. The number of benzene rings is 1. The molecular formula is C18H22ClN5O. The highest BCUT2D eigenvalue weighted by Crippen LogP contribution is 2.20. The summed E-state index contributed by atoms with van der Waals surface area (Å²) in [6, 6.07) is 10.8. The van der Waals surface area contributed by atoms with Crippen molar-refractivity contribution in [2.45, 2.75) is 0 Å². The number of amides is 2. The van der Waals surface area contributed by atoms with Gasteiger partial charge in [0.05, 0.1) is 11.9 Å². The molecule has 1 saturated heterocycles. The smallest absolute Gasteiger partial charge is 0.314 e. The van der Waals surface area contributed by atoms with E-state index in [1.54, 1.807) is 29.4 Å². The average Bonchev–Trinajstić information content (AvgIpc) is 2.64. The van der Waals surface area contributed by atoms with Gasteiger partial charge in [-0.1, -0.05) is 17.7 Å². The number of piperazine rings is 1. The molecule has 2 amide bonds. The van der Waals surface area contributed by atoms with Crippen LogP contribution in [0.15, 0.2) is 48.8 Å². The van der Waals surface area contributed by atoms with E-state index in [0.29, 0.717) is 17.3 Å². The molecule has 7 heteroatoms. The summed E-state index contributed by atoms with van der Waals surface area (Å²) in [5.74, 6) is 0. The van der Waals surface area contributed by atoms with Gasteiger partial charge in [0.1, 0.15) is 0 Å². The Morgan fingerprint density at radius 1 is 1.28 bits per heavy atom. The molecule has 1 aliphatic rings. The first-order chi connectivity index (χ1) is 12.2. The number of rotatable bonds is 5. The zero-order valence-electron chi connectivity index (χ0n) is 14.0. The van der Waals surface area contributed by atoms with Crippen LogP contribution >= 0.6 is 11.6 Å². The molecule has 0 unspecified atom stereocenters. The fourth-order valence-electron chi connectivity index (χ4n) is 2.80. The molecule has 0 saturated carbocycles. The van der Waals surface area contributed by atoms with Gasteiger partial charge in [-0.15, -0.1) is 0 Å². The predicted molar refractivity (Wildman–Crippen MR) is 101 cm³/mol. The number of carbonyl (C=O) groups is 1. The van der Waals surface area contributed by atoms with Crippen molar-refractivity contribution in [2.75, 3.05) is 49.5 Å². The molecule has 1 aromatic heterocycles. The first-order valence-electron chi connectivity index (χ1n) is 8.39. The number of hydrogen-bond acceptors (Lipinski definition) is 4. The summed E-state index contributed by atoms with van der Waals surface area (Å²) in [5.41, 5.74) is 1.45. The summed E-state index contributed by atoms with van der Waals surface area (Å²) in [6.45, 7) is 5.36. The van der Waals surface area contributed by atoms with Crippen LogP contribution < -0.4 is 15.5 Å². The number of anilines is 2. The maximum absolute atomic E-state index is 12.8. The van der Waals surface area contributed by atoms with E-state index in [2.05, 4.69) is 20.5 Å². The largest absolute Gasteiger partial charge is 0.326 e. The summed E-state index contributed by atoms with van der Waals surface area (Å²) in [6.07, 6.45) is 3.30. The maximum atomic E-state index is 12.8. The molecule has 0 spiro atoms. The van der Waals surface area contributed by atoms with Crippen molar-refractivity contribution in [3.63, 3.8) is 0 Å². The standard InChI is InChI=1S/C18H22ClN5O/c19-15-3-1-5-17(13-15)24(12-11-23-9-7-20-8-10-23)18(25)22-16-4-2-6-21-14-16/h1-6,13-14,20H,7-12H2,(H,22,25). The van der Waals surface area contributed by atoms with Gasteiger partial charge < -0.3 is 10.6 Å². The van der Waals surface area contributed by atoms with Gasteiger partial charge in [0, 0.05) is 56.2 Å². The van der Waals surface area contributed by atoms with Gasteiger partial charge in [0.15, 0.2) is 0 Å². The Hall–Kier alpha value is -2.15. The van der Waals surface area contributed by atoms with E-state index < -0.39 is 0 Å². The first kappa shape index (κ1) is 17.7. The molecule has 2 N–H and O–H groups in total. The second-order valence-corrected chi connectivity index (χ2v) is 6.33. The molecule has 1 fully saturated rings. The molecule has 1 aliphatic heterocycles. The van der Waals surface area contributed by atoms with Crippen molar-refractivity contribution in [1.29, 1.82) is 0 Å². The molecule has 6 nitrogen and oxygen atoms in total. The van der Waals surface area contributed by atoms with Crippen LogP contribution in [-0.2, 0) is 0 Å². The molecule has 2 aromatic rings. The third kappa shape index (κ3) is 5.16. The van der Waals surface area contributed by atoms with E-state index in [4.69, 9.17) is 11.6 Å². The summed E-state index contributed by atoms with van der Waals surface area (Å²) in [5, 5.41) is 6.85. The van der Waals surface area contributed by atoms with Crippen LogP contribution in [0.4, 0.5) is 16.2 Å². The molecule has 2 heterocycles. The lowest BCUT2D eigenvalue weighted by Gasteiger charge is -2.30. The van der Waals surface area contributed by atoms with Gasteiger partial charge in [-0.3, -0.25) is 14.8 Å². The highest BCUT2D eigenvalue weighted by atomic mass is 35.5.